The summed E-state index contributed by atoms with van der Waals surface area (Å²) in [4.78, 5) is 14.1. The number of amides is 1. The zero-order chi connectivity index (χ0) is 15.8. The van der Waals surface area contributed by atoms with E-state index in [-0.39, 0.29) is 5.91 Å². The van der Waals surface area contributed by atoms with Crippen molar-refractivity contribution in [1.82, 2.24) is 4.90 Å². The lowest BCUT2D eigenvalue weighted by molar-refractivity contribution is -0.125. The summed E-state index contributed by atoms with van der Waals surface area (Å²) in [7, 11) is 0. The van der Waals surface area contributed by atoms with Crippen LogP contribution >= 0.6 is 0 Å². The predicted octanol–water partition coefficient (Wildman–Crippen LogP) is 3.47. The minimum Gasteiger partial charge on any atom is -0.491 e. The summed E-state index contributed by atoms with van der Waals surface area (Å²) < 4.78 is 5.55. The van der Waals surface area contributed by atoms with Crippen LogP contribution in [0.25, 0.3) is 6.08 Å². The maximum Gasteiger partial charge on any atom is 0.246 e. The molecule has 1 amide bonds. The summed E-state index contributed by atoms with van der Waals surface area (Å²) in [6.45, 7) is 4.46. The monoisotopic (exact) mass is 302 g/mol. The number of nitrogen functional groups attached to an aromatic ring is 1. The number of nitrogens with two attached hydrogens (primary N) is 1. The topological polar surface area (TPSA) is 55.6 Å². The van der Waals surface area contributed by atoms with E-state index in [0.717, 1.165) is 37.9 Å². The lowest BCUT2D eigenvalue weighted by Gasteiger charge is -2.18. The number of likely N-dealkylation sites (tertiary alicyclic amines) is 1. The molecule has 1 aliphatic heterocycles. The molecule has 1 heterocycles. The number of benzene rings is 1. The number of ether oxygens (including phenoxy) is 1. The summed E-state index contributed by atoms with van der Waals surface area (Å²) in [5.41, 5.74) is 7.51. The normalized spacial score (nSPS) is 15.8. The summed E-state index contributed by atoms with van der Waals surface area (Å²) >= 11 is 0. The van der Waals surface area contributed by atoms with Crippen LogP contribution in [-0.2, 0) is 4.79 Å². The number of anilines is 1. The molecular formula is C18H26N2O2. The van der Waals surface area contributed by atoms with Gasteiger partial charge in [-0.25, -0.2) is 0 Å². The van der Waals surface area contributed by atoms with Crippen molar-refractivity contribution in [1.29, 1.82) is 0 Å². The predicted molar refractivity (Wildman–Crippen MR) is 90.7 cm³/mol. The molecule has 2 N–H and O–H groups in total. The lowest BCUT2D eigenvalue weighted by atomic mass is 10.1. The van der Waals surface area contributed by atoms with Crippen molar-refractivity contribution >= 4 is 17.7 Å². The summed E-state index contributed by atoms with van der Waals surface area (Å²) in [6, 6.07) is 5.63. The van der Waals surface area contributed by atoms with Crippen LogP contribution in [0.1, 0.15) is 44.6 Å². The molecule has 1 fully saturated rings. The average molecular weight is 302 g/mol. The molecule has 120 valence electrons. The quantitative estimate of drug-likeness (QED) is 0.669. The van der Waals surface area contributed by atoms with E-state index in [1.54, 1.807) is 6.08 Å². The molecule has 22 heavy (non-hydrogen) atoms. The van der Waals surface area contributed by atoms with Crippen molar-refractivity contribution in [2.45, 2.75) is 39.0 Å². The van der Waals surface area contributed by atoms with Crippen LogP contribution in [0.3, 0.4) is 0 Å². The number of nitrogens with zero attached hydrogens (tertiary/aromatic N) is 1. The molecule has 1 aromatic rings. The van der Waals surface area contributed by atoms with Crippen molar-refractivity contribution in [3.05, 3.63) is 29.8 Å². The molecule has 1 aliphatic rings. The molecule has 0 aliphatic carbocycles. The summed E-state index contributed by atoms with van der Waals surface area (Å²) in [5.74, 6) is 0.796. The Labute approximate surface area is 132 Å². The third-order valence-electron chi connectivity index (χ3n) is 3.83. The van der Waals surface area contributed by atoms with Gasteiger partial charge in [-0.1, -0.05) is 25.8 Å². The fourth-order valence-electron chi connectivity index (χ4n) is 2.58. The van der Waals surface area contributed by atoms with E-state index in [4.69, 9.17) is 10.5 Å². The van der Waals surface area contributed by atoms with Gasteiger partial charge in [0.2, 0.25) is 5.91 Å². The van der Waals surface area contributed by atoms with E-state index >= 15 is 0 Å². The summed E-state index contributed by atoms with van der Waals surface area (Å²) in [6.07, 6.45) is 9.09. The highest BCUT2D eigenvalue weighted by molar-refractivity contribution is 5.92. The maximum absolute atomic E-state index is 12.2. The fourth-order valence-corrected chi connectivity index (χ4v) is 2.58. The van der Waals surface area contributed by atoms with Gasteiger partial charge < -0.3 is 15.4 Å². The smallest absolute Gasteiger partial charge is 0.246 e. The third-order valence-corrected chi connectivity index (χ3v) is 3.83. The molecule has 2 rings (SSSR count). The first-order valence-corrected chi connectivity index (χ1v) is 8.20. The molecular weight excluding hydrogens is 276 g/mol. The standard InChI is InChI=1S/C18H26N2O2/c1-2-13-22-17-9-7-15(14-16(17)19)8-10-18(21)20-11-5-3-4-6-12-20/h7-10,14H,2-6,11-13,19H2,1H3/b10-8-. The minimum absolute atomic E-state index is 0.0896. The highest BCUT2D eigenvalue weighted by atomic mass is 16.5. The van der Waals surface area contributed by atoms with Crippen molar-refractivity contribution in [2.75, 3.05) is 25.4 Å². The van der Waals surface area contributed by atoms with Gasteiger partial charge in [-0.3, -0.25) is 4.79 Å². The number of carbonyl (C=O) groups excluding carboxylic acids is 1. The van der Waals surface area contributed by atoms with Gasteiger partial charge in [0.15, 0.2) is 0 Å². The van der Waals surface area contributed by atoms with Gasteiger partial charge in [0.25, 0.3) is 0 Å². The van der Waals surface area contributed by atoms with Crippen LogP contribution in [0.5, 0.6) is 5.75 Å². The Morgan fingerprint density at radius 1 is 1.27 bits per heavy atom. The molecule has 0 atom stereocenters. The number of carbonyl (C=O) groups is 1. The van der Waals surface area contributed by atoms with E-state index in [9.17, 15) is 4.79 Å². The Bertz CT molecular complexity index is 518. The van der Waals surface area contributed by atoms with Crippen molar-refractivity contribution in [3.8, 4) is 5.75 Å². The van der Waals surface area contributed by atoms with Crippen LogP contribution < -0.4 is 10.5 Å². The second kappa shape index (κ2) is 8.47. The van der Waals surface area contributed by atoms with E-state index in [1.165, 1.54) is 12.8 Å². The van der Waals surface area contributed by atoms with Gasteiger partial charge in [0.05, 0.1) is 12.3 Å². The van der Waals surface area contributed by atoms with Crippen molar-refractivity contribution < 1.29 is 9.53 Å². The summed E-state index contributed by atoms with van der Waals surface area (Å²) in [5, 5.41) is 0. The fraction of sp³-hybridized carbons (Fsp3) is 0.500. The highest BCUT2D eigenvalue weighted by Gasteiger charge is 2.12. The largest absolute Gasteiger partial charge is 0.491 e. The zero-order valence-electron chi connectivity index (χ0n) is 13.4. The Hall–Kier alpha value is -1.97. The molecule has 0 radical (unpaired) electrons. The first-order chi connectivity index (χ1) is 10.7. The first-order valence-electron chi connectivity index (χ1n) is 8.20. The van der Waals surface area contributed by atoms with E-state index in [2.05, 4.69) is 6.92 Å². The second-order valence-electron chi connectivity index (χ2n) is 5.72. The molecule has 4 nitrogen and oxygen atoms in total. The Morgan fingerprint density at radius 3 is 2.64 bits per heavy atom. The van der Waals surface area contributed by atoms with Gasteiger partial charge in [-0.2, -0.15) is 0 Å². The van der Waals surface area contributed by atoms with Crippen LogP contribution in [0.4, 0.5) is 5.69 Å². The molecule has 0 spiro atoms. The van der Waals surface area contributed by atoms with E-state index < -0.39 is 0 Å². The average Bonchev–Trinajstić information content (AvgIpc) is 2.81. The van der Waals surface area contributed by atoms with Crippen LogP contribution in [-0.4, -0.2) is 30.5 Å². The van der Waals surface area contributed by atoms with Gasteiger partial charge >= 0.3 is 0 Å². The Morgan fingerprint density at radius 2 is 2.00 bits per heavy atom. The number of hydrogen-bond donors (Lipinski definition) is 1. The molecule has 0 saturated carbocycles. The van der Waals surface area contributed by atoms with Crippen molar-refractivity contribution in [3.63, 3.8) is 0 Å². The van der Waals surface area contributed by atoms with Crippen LogP contribution in [0, 0.1) is 0 Å². The highest BCUT2D eigenvalue weighted by Crippen LogP contribution is 2.23. The van der Waals surface area contributed by atoms with Crippen molar-refractivity contribution in [2.24, 2.45) is 0 Å². The minimum atomic E-state index is 0.0896. The molecule has 0 aromatic heterocycles. The lowest BCUT2D eigenvalue weighted by Crippen LogP contribution is -2.30. The molecule has 0 unspecified atom stereocenters. The van der Waals surface area contributed by atoms with E-state index in [1.807, 2.05) is 29.2 Å². The van der Waals surface area contributed by atoms with Gasteiger partial charge in [0, 0.05) is 19.2 Å². The third kappa shape index (κ3) is 4.79. The number of hydrogen-bond acceptors (Lipinski definition) is 3. The first kappa shape index (κ1) is 16.4. The number of rotatable bonds is 5. The van der Waals surface area contributed by atoms with Gasteiger partial charge in [-0.05, 0) is 43.0 Å². The van der Waals surface area contributed by atoms with Crippen LogP contribution in [0.15, 0.2) is 24.3 Å². The molecule has 1 saturated heterocycles. The van der Waals surface area contributed by atoms with Gasteiger partial charge in [0.1, 0.15) is 5.75 Å². The van der Waals surface area contributed by atoms with E-state index in [0.29, 0.717) is 18.0 Å². The molecule has 0 bridgehead atoms. The Kier molecular flexibility index (Phi) is 6.31. The van der Waals surface area contributed by atoms with Gasteiger partial charge in [-0.15, -0.1) is 0 Å². The Balaban J connectivity index is 1.97. The SMILES string of the molecule is CCCOc1ccc(/C=C\C(=O)N2CCCCCC2)cc1N. The van der Waals surface area contributed by atoms with Crippen LogP contribution in [0.2, 0.25) is 0 Å². The molecule has 1 aromatic carbocycles. The zero-order valence-corrected chi connectivity index (χ0v) is 13.4. The second-order valence-corrected chi connectivity index (χ2v) is 5.72. The molecule has 4 heteroatoms. The maximum atomic E-state index is 12.2.